The van der Waals surface area contributed by atoms with Crippen LogP contribution in [0.25, 0.3) is 10.8 Å². The number of aliphatic imine (C=N–C) groups is 1. The summed E-state index contributed by atoms with van der Waals surface area (Å²) in [6.45, 7) is 3.27. The highest BCUT2D eigenvalue weighted by molar-refractivity contribution is 6.04. The smallest absolute Gasteiger partial charge is 0.339 e. The minimum absolute atomic E-state index is 0.171. The van der Waals surface area contributed by atoms with Crippen molar-refractivity contribution in [1.82, 2.24) is 15.3 Å². The van der Waals surface area contributed by atoms with E-state index in [9.17, 15) is 20.2 Å². The van der Waals surface area contributed by atoms with Crippen molar-refractivity contribution in [2.75, 3.05) is 13.3 Å². The molecule has 6 N–H and O–H groups in total. The van der Waals surface area contributed by atoms with Gasteiger partial charge in [0, 0.05) is 0 Å². The van der Waals surface area contributed by atoms with Crippen molar-refractivity contribution in [3.63, 3.8) is 0 Å². The zero-order valence-electron chi connectivity index (χ0n) is 17.8. The maximum Gasteiger partial charge on any atom is 0.339 e. The van der Waals surface area contributed by atoms with Crippen LogP contribution in [-0.4, -0.2) is 86.1 Å². The number of carbonyl (C=O) groups excluding carboxylic acids is 1. The van der Waals surface area contributed by atoms with Gasteiger partial charge in [0.2, 0.25) is 5.96 Å². The fraction of sp³-hybridized carbons (Fsp3) is 0.455. The van der Waals surface area contributed by atoms with Crippen molar-refractivity contribution in [2.45, 2.75) is 49.3 Å². The Morgan fingerprint density at radius 2 is 2.03 bits per heavy atom. The molecule has 5 rings (SSSR count). The highest BCUT2D eigenvalue weighted by Crippen LogP contribution is 2.52. The molecular formula is C22H27N5O5. The predicted molar refractivity (Wildman–Crippen MR) is 116 cm³/mol. The monoisotopic (exact) mass is 441 g/mol. The van der Waals surface area contributed by atoms with Crippen LogP contribution < -0.4 is 11.1 Å². The van der Waals surface area contributed by atoms with E-state index in [0.29, 0.717) is 5.56 Å². The summed E-state index contributed by atoms with van der Waals surface area (Å²) in [6, 6.07) is 11.0. The average molecular weight is 441 g/mol. The van der Waals surface area contributed by atoms with Gasteiger partial charge in [0.1, 0.15) is 17.7 Å². The van der Waals surface area contributed by atoms with Crippen LogP contribution in [-0.2, 0) is 4.74 Å². The quantitative estimate of drug-likeness (QED) is 0.410. The van der Waals surface area contributed by atoms with Gasteiger partial charge in [0.15, 0.2) is 5.66 Å². The number of nitrogens with zero attached hydrogens (tertiary/aromatic N) is 3. The number of esters is 1. The standard InChI is InChI=1S/C22H27N5O5/c1-12-18(32-19(29)15-9-5-7-13-6-3-4-8-14(13)15)21(2,30)22-17(25-20(23)27(22)31)16(10-28)24-11-26(12)22/h3-9,12,16-18,24,28,30-31H,10-11H2,1-2H3,(H2,23,25). The number of guanidine groups is 1. The Balaban J connectivity index is 1.55. The first-order valence-electron chi connectivity index (χ1n) is 10.6. The highest BCUT2D eigenvalue weighted by atomic mass is 16.6. The van der Waals surface area contributed by atoms with Gasteiger partial charge >= 0.3 is 5.97 Å². The van der Waals surface area contributed by atoms with Gasteiger partial charge in [-0.1, -0.05) is 36.4 Å². The normalized spacial score (nSPS) is 36.7. The number of nitrogens with one attached hydrogen (secondary N) is 1. The summed E-state index contributed by atoms with van der Waals surface area (Å²) in [5.74, 6) is -0.745. The Kier molecular flexibility index (Phi) is 4.70. The Morgan fingerprint density at radius 3 is 2.78 bits per heavy atom. The molecule has 10 heteroatoms. The Hall–Kier alpha value is -2.76. The summed E-state index contributed by atoms with van der Waals surface area (Å²) in [7, 11) is 0. The first-order valence-corrected chi connectivity index (χ1v) is 10.6. The van der Waals surface area contributed by atoms with Gasteiger partial charge in [-0.25, -0.2) is 9.79 Å². The Bertz CT molecular complexity index is 1100. The summed E-state index contributed by atoms with van der Waals surface area (Å²) >= 11 is 0. The van der Waals surface area contributed by atoms with E-state index in [2.05, 4.69) is 10.3 Å². The molecule has 6 unspecified atom stereocenters. The van der Waals surface area contributed by atoms with Crippen molar-refractivity contribution < 1.29 is 25.0 Å². The van der Waals surface area contributed by atoms with E-state index in [1.54, 1.807) is 17.0 Å². The lowest BCUT2D eigenvalue weighted by Gasteiger charge is -2.53. The lowest BCUT2D eigenvalue weighted by Crippen LogP contribution is -2.79. The van der Waals surface area contributed by atoms with E-state index in [1.807, 2.05) is 37.3 Å². The first-order chi connectivity index (χ1) is 15.2. The summed E-state index contributed by atoms with van der Waals surface area (Å²) in [5, 5.41) is 38.2. The molecule has 0 bridgehead atoms. The van der Waals surface area contributed by atoms with E-state index >= 15 is 0 Å². The van der Waals surface area contributed by atoms with Crippen LogP contribution in [0.15, 0.2) is 47.5 Å². The largest absolute Gasteiger partial charge is 0.454 e. The van der Waals surface area contributed by atoms with Gasteiger partial charge in [-0.3, -0.25) is 15.4 Å². The average Bonchev–Trinajstić information content (AvgIpc) is 3.16. The molecule has 3 aliphatic heterocycles. The Morgan fingerprint density at radius 1 is 1.31 bits per heavy atom. The van der Waals surface area contributed by atoms with Crippen molar-refractivity contribution >= 4 is 22.7 Å². The number of fused-ring (bicyclic) bond motifs is 1. The second kappa shape index (κ2) is 7.12. The predicted octanol–water partition coefficient (Wildman–Crippen LogP) is -0.174. The van der Waals surface area contributed by atoms with Gasteiger partial charge in [0.25, 0.3) is 0 Å². The van der Waals surface area contributed by atoms with Crippen molar-refractivity contribution in [3.8, 4) is 0 Å². The van der Waals surface area contributed by atoms with E-state index in [1.165, 1.54) is 6.92 Å². The van der Waals surface area contributed by atoms with Crippen LogP contribution in [0.4, 0.5) is 0 Å². The van der Waals surface area contributed by atoms with Crippen LogP contribution in [0.5, 0.6) is 0 Å². The molecule has 3 heterocycles. The number of hydrogen-bond acceptors (Lipinski definition) is 10. The van der Waals surface area contributed by atoms with E-state index in [0.717, 1.165) is 15.8 Å². The molecule has 1 spiro atoms. The molecule has 3 aliphatic rings. The summed E-state index contributed by atoms with van der Waals surface area (Å²) in [5.41, 5.74) is 3.06. The third-order valence-electron chi connectivity index (χ3n) is 7.24. The van der Waals surface area contributed by atoms with Gasteiger partial charge < -0.3 is 20.7 Å². The van der Waals surface area contributed by atoms with Crippen molar-refractivity contribution in [2.24, 2.45) is 10.7 Å². The SMILES string of the molecule is CC1C(OC(=O)c2cccc3ccccc23)C(C)(O)C23C(N=C(N)N2O)C(CO)NCN13. The maximum atomic E-state index is 13.3. The molecule has 0 amide bonds. The van der Waals surface area contributed by atoms with E-state index in [4.69, 9.17) is 10.5 Å². The molecule has 170 valence electrons. The molecule has 0 aromatic heterocycles. The topological polar surface area (TPSA) is 144 Å². The fourth-order valence-electron chi connectivity index (χ4n) is 5.76. The van der Waals surface area contributed by atoms with Crippen LogP contribution in [0.3, 0.4) is 0 Å². The number of ether oxygens (including phenoxy) is 1. The second-order valence-corrected chi connectivity index (χ2v) is 8.83. The summed E-state index contributed by atoms with van der Waals surface area (Å²) in [6.07, 6.45) is -1.01. The third kappa shape index (κ3) is 2.52. The number of hydroxylamine groups is 2. The molecule has 2 fully saturated rings. The third-order valence-corrected chi connectivity index (χ3v) is 7.24. The highest BCUT2D eigenvalue weighted by Gasteiger charge is 2.76. The lowest BCUT2D eigenvalue weighted by atomic mass is 9.78. The van der Waals surface area contributed by atoms with Crippen LogP contribution in [0, 0.1) is 0 Å². The molecule has 0 saturated carbocycles. The Labute approximate surface area is 184 Å². The molecule has 2 aromatic rings. The van der Waals surface area contributed by atoms with Crippen molar-refractivity contribution in [3.05, 3.63) is 48.0 Å². The van der Waals surface area contributed by atoms with Gasteiger partial charge in [-0.2, -0.15) is 5.06 Å². The minimum atomic E-state index is -1.77. The zero-order chi connectivity index (χ0) is 22.8. The van der Waals surface area contributed by atoms with Crippen LogP contribution in [0.1, 0.15) is 24.2 Å². The second-order valence-electron chi connectivity index (χ2n) is 8.83. The molecule has 6 atom stereocenters. The molecule has 0 radical (unpaired) electrons. The lowest BCUT2D eigenvalue weighted by molar-refractivity contribution is -0.249. The van der Waals surface area contributed by atoms with Crippen molar-refractivity contribution in [1.29, 1.82) is 0 Å². The fourth-order valence-corrected chi connectivity index (χ4v) is 5.76. The molecule has 10 nitrogen and oxygen atoms in total. The number of carbonyl (C=O) groups is 1. The van der Waals surface area contributed by atoms with Gasteiger partial charge in [0.05, 0.1) is 30.9 Å². The number of benzene rings is 2. The van der Waals surface area contributed by atoms with Gasteiger partial charge in [-0.15, -0.1) is 0 Å². The first kappa shape index (κ1) is 21.1. The minimum Gasteiger partial charge on any atom is -0.454 e. The van der Waals surface area contributed by atoms with E-state index in [-0.39, 0.29) is 19.2 Å². The molecule has 32 heavy (non-hydrogen) atoms. The zero-order valence-corrected chi connectivity index (χ0v) is 17.8. The van der Waals surface area contributed by atoms with Gasteiger partial charge in [-0.05, 0) is 30.7 Å². The summed E-state index contributed by atoms with van der Waals surface area (Å²) < 4.78 is 5.93. The number of aliphatic hydroxyl groups excluding tert-OH is 1. The number of hydrogen-bond donors (Lipinski definition) is 5. The molecule has 2 saturated heterocycles. The number of rotatable bonds is 3. The molecule has 2 aromatic carbocycles. The maximum absolute atomic E-state index is 13.3. The van der Waals surface area contributed by atoms with Crippen LogP contribution in [0.2, 0.25) is 0 Å². The number of aliphatic hydroxyl groups is 2. The summed E-state index contributed by atoms with van der Waals surface area (Å²) in [4.78, 5) is 19.4. The molecular weight excluding hydrogens is 414 g/mol. The van der Waals surface area contributed by atoms with Crippen LogP contribution >= 0.6 is 0 Å². The number of nitrogens with two attached hydrogens (primary N) is 1. The molecule has 0 aliphatic carbocycles. The van der Waals surface area contributed by atoms with E-state index < -0.39 is 41.5 Å².